The molecule has 2 unspecified atom stereocenters. The van der Waals surface area contributed by atoms with Gasteiger partial charge in [0.25, 0.3) is 0 Å². The van der Waals surface area contributed by atoms with Crippen LogP contribution in [0.15, 0.2) is 0 Å². The van der Waals surface area contributed by atoms with E-state index in [0.29, 0.717) is 19.8 Å². The maximum absolute atomic E-state index is 11.6. The first-order chi connectivity index (χ1) is 6.70. The predicted octanol–water partition coefficient (Wildman–Crippen LogP) is 0.579. The van der Waals surface area contributed by atoms with E-state index in [1.54, 1.807) is 0 Å². The molecule has 1 N–H and O–H groups in total. The molecule has 2 atom stereocenters. The van der Waals surface area contributed by atoms with Crippen molar-refractivity contribution in [3.05, 3.63) is 0 Å². The summed E-state index contributed by atoms with van der Waals surface area (Å²) >= 11 is 0. The summed E-state index contributed by atoms with van der Waals surface area (Å²) < 4.78 is 5.33. The average molecular weight is 200 g/mol. The Hall–Kier alpha value is -0.610. The smallest absolute Gasteiger partial charge is 0.238 e. The Morgan fingerprint density at radius 2 is 2.36 bits per heavy atom. The molecule has 0 aromatic heterocycles. The molecule has 0 aromatic carbocycles. The van der Waals surface area contributed by atoms with E-state index in [9.17, 15) is 4.79 Å². The van der Waals surface area contributed by atoms with Crippen LogP contribution in [-0.4, -0.2) is 42.8 Å². The molecule has 0 radical (unpaired) electrons. The largest absolute Gasteiger partial charge is 0.380 e. The van der Waals surface area contributed by atoms with E-state index in [4.69, 9.17) is 4.74 Å². The van der Waals surface area contributed by atoms with Crippen molar-refractivity contribution in [3.8, 4) is 0 Å². The summed E-state index contributed by atoms with van der Waals surface area (Å²) in [6.07, 6.45) is 1.14. The summed E-state index contributed by atoms with van der Waals surface area (Å²) in [6.45, 7) is 7.87. The minimum atomic E-state index is 0.169. The topological polar surface area (TPSA) is 41.6 Å². The van der Waals surface area contributed by atoms with E-state index in [1.165, 1.54) is 0 Å². The fourth-order valence-corrected chi connectivity index (χ4v) is 1.83. The first kappa shape index (κ1) is 11.5. The second kappa shape index (κ2) is 5.32. The minimum Gasteiger partial charge on any atom is -0.380 e. The van der Waals surface area contributed by atoms with Gasteiger partial charge < -0.3 is 9.64 Å². The Balaban J connectivity index is 2.50. The van der Waals surface area contributed by atoms with Crippen LogP contribution < -0.4 is 5.32 Å². The zero-order chi connectivity index (χ0) is 10.6. The Bertz CT molecular complexity index is 197. The van der Waals surface area contributed by atoms with Crippen molar-refractivity contribution in [1.29, 1.82) is 0 Å². The third-order valence-corrected chi connectivity index (χ3v) is 2.54. The molecule has 14 heavy (non-hydrogen) atoms. The number of rotatable bonds is 5. The van der Waals surface area contributed by atoms with Gasteiger partial charge in [0.2, 0.25) is 5.91 Å². The van der Waals surface area contributed by atoms with Crippen LogP contribution in [-0.2, 0) is 9.53 Å². The molecule has 4 heteroatoms. The molecule has 0 saturated carbocycles. The molecule has 1 rings (SSSR count). The number of nitrogens with zero attached hydrogens (tertiary/aromatic N) is 1. The Morgan fingerprint density at radius 3 is 2.93 bits per heavy atom. The summed E-state index contributed by atoms with van der Waals surface area (Å²) in [5.74, 6) is 0.184. The second-order valence-electron chi connectivity index (χ2n) is 3.61. The third-order valence-electron chi connectivity index (χ3n) is 2.54. The Kier molecular flexibility index (Phi) is 4.35. The van der Waals surface area contributed by atoms with Gasteiger partial charge in [0, 0.05) is 6.61 Å². The van der Waals surface area contributed by atoms with Gasteiger partial charge in [0.05, 0.1) is 25.4 Å². The third kappa shape index (κ3) is 2.45. The molecule has 4 nitrogen and oxygen atoms in total. The quantitative estimate of drug-likeness (QED) is 0.706. The van der Waals surface area contributed by atoms with Gasteiger partial charge in [0.1, 0.15) is 0 Å². The van der Waals surface area contributed by atoms with Crippen LogP contribution in [0.25, 0.3) is 0 Å². The zero-order valence-corrected chi connectivity index (χ0v) is 9.25. The molecule has 1 amide bonds. The fraction of sp³-hybridized carbons (Fsp3) is 0.900. The minimum absolute atomic E-state index is 0.169. The van der Waals surface area contributed by atoms with Crippen molar-refractivity contribution in [3.63, 3.8) is 0 Å². The summed E-state index contributed by atoms with van der Waals surface area (Å²) in [5, 5.41) is 3.18. The molecule has 1 aliphatic heterocycles. The standard InChI is InChI=1S/C10H20N2O2/c1-4-9-11-6-10(13)12(9)8(3)7-14-5-2/h8-9,11H,4-7H2,1-3H3. The first-order valence-electron chi connectivity index (χ1n) is 5.33. The van der Waals surface area contributed by atoms with Gasteiger partial charge in [-0.15, -0.1) is 0 Å². The van der Waals surface area contributed by atoms with Crippen molar-refractivity contribution in [2.45, 2.75) is 39.4 Å². The van der Waals surface area contributed by atoms with Crippen LogP contribution in [0.4, 0.5) is 0 Å². The van der Waals surface area contributed by atoms with E-state index >= 15 is 0 Å². The monoisotopic (exact) mass is 200 g/mol. The van der Waals surface area contributed by atoms with Crippen molar-refractivity contribution in [1.82, 2.24) is 10.2 Å². The highest BCUT2D eigenvalue weighted by Crippen LogP contribution is 2.12. The summed E-state index contributed by atoms with van der Waals surface area (Å²) in [5.41, 5.74) is 0. The molecule has 1 heterocycles. The molecule has 0 aromatic rings. The number of nitrogens with one attached hydrogen (secondary N) is 1. The van der Waals surface area contributed by atoms with Crippen molar-refractivity contribution >= 4 is 5.91 Å². The molecule has 0 bridgehead atoms. The lowest BCUT2D eigenvalue weighted by molar-refractivity contribution is -0.131. The number of carbonyl (C=O) groups is 1. The van der Waals surface area contributed by atoms with E-state index in [0.717, 1.165) is 6.42 Å². The number of carbonyl (C=O) groups excluding carboxylic acids is 1. The SMILES string of the molecule is CCOCC(C)N1C(=O)CNC1CC. The molecular formula is C10H20N2O2. The number of hydrogen-bond acceptors (Lipinski definition) is 3. The van der Waals surface area contributed by atoms with Crippen LogP contribution in [0.1, 0.15) is 27.2 Å². The number of amides is 1. The normalized spacial score (nSPS) is 24.4. The van der Waals surface area contributed by atoms with Gasteiger partial charge in [0.15, 0.2) is 0 Å². The van der Waals surface area contributed by atoms with Gasteiger partial charge in [-0.05, 0) is 20.3 Å². The lowest BCUT2D eigenvalue weighted by atomic mass is 10.2. The molecular weight excluding hydrogens is 180 g/mol. The highest BCUT2D eigenvalue weighted by molar-refractivity contribution is 5.80. The Morgan fingerprint density at radius 1 is 1.64 bits per heavy atom. The summed E-state index contributed by atoms with van der Waals surface area (Å²) in [4.78, 5) is 13.5. The highest BCUT2D eigenvalue weighted by Gasteiger charge is 2.32. The van der Waals surface area contributed by atoms with Crippen LogP contribution in [0.5, 0.6) is 0 Å². The van der Waals surface area contributed by atoms with Gasteiger partial charge in [-0.3, -0.25) is 10.1 Å². The van der Waals surface area contributed by atoms with E-state index in [1.807, 2.05) is 18.7 Å². The zero-order valence-electron chi connectivity index (χ0n) is 9.25. The second-order valence-corrected chi connectivity index (χ2v) is 3.61. The van der Waals surface area contributed by atoms with E-state index in [2.05, 4.69) is 12.2 Å². The number of ether oxygens (including phenoxy) is 1. The van der Waals surface area contributed by atoms with Gasteiger partial charge in [-0.2, -0.15) is 0 Å². The summed E-state index contributed by atoms with van der Waals surface area (Å²) in [6, 6.07) is 0.169. The van der Waals surface area contributed by atoms with Gasteiger partial charge >= 0.3 is 0 Å². The van der Waals surface area contributed by atoms with Gasteiger partial charge in [-0.25, -0.2) is 0 Å². The predicted molar refractivity (Wildman–Crippen MR) is 54.9 cm³/mol. The molecule has 1 aliphatic rings. The molecule has 82 valence electrons. The Labute approximate surface area is 85.6 Å². The fourth-order valence-electron chi connectivity index (χ4n) is 1.83. The van der Waals surface area contributed by atoms with Crippen LogP contribution in [0.2, 0.25) is 0 Å². The maximum atomic E-state index is 11.6. The van der Waals surface area contributed by atoms with Crippen molar-refractivity contribution < 1.29 is 9.53 Å². The van der Waals surface area contributed by atoms with E-state index < -0.39 is 0 Å². The molecule has 1 fully saturated rings. The van der Waals surface area contributed by atoms with Crippen LogP contribution >= 0.6 is 0 Å². The number of hydrogen-bond donors (Lipinski definition) is 1. The molecule has 0 aliphatic carbocycles. The molecule has 0 spiro atoms. The maximum Gasteiger partial charge on any atom is 0.238 e. The average Bonchev–Trinajstić information content (AvgIpc) is 2.56. The van der Waals surface area contributed by atoms with Gasteiger partial charge in [-0.1, -0.05) is 6.92 Å². The van der Waals surface area contributed by atoms with Crippen molar-refractivity contribution in [2.75, 3.05) is 19.8 Å². The van der Waals surface area contributed by atoms with E-state index in [-0.39, 0.29) is 18.1 Å². The molecule has 1 saturated heterocycles. The van der Waals surface area contributed by atoms with Crippen LogP contribution in [0, 0.1) is 0 Å². The lowest BCUT2D eigenvalue weighted by Gasteiger charge is -2.29. The lowest BCUT2D eigenvalue weighted by Crippen LogP contribution is -2.45. The summed E-state index contributed by atoms with van der Waals surface area (Å²) in [7, 11) is 0. The van der Waals surface area contributed by atoms with Crippen molar-refractivity contribution in [2.24, 2.45) is 0 Å². The first-order valence-corrected chi connectivity index (χ1v) is 5.33. The van der Waals surface area contributed by atoms with Crippen LogP contribution in [0.3, 0.4) is 0 Å². The highest BCUT2D eigenvalue weighted by atomic mass is 16.5.